The number of hydrogen-bond acceptors (Lipinski definition) is 7. The Labute approximate surface area is 195 Å². The molecule has 1 unspecified atom stereocenters. The molecule has 0 radical (unpaired) electrons. The number of amides is 1. The molecular weight excluding hydrogens is 418 g/mol. The molecular formula is C25H33N5O3. The van der Waals surface area contributed by atoms with E-state index in [0.29, 0.717) is 36.9 Å². The second-order valence-corrected chi connectivity index (χ2v) is 8.93. The van der Waals surface area contributed by atoms with Crippen LogP contribution in [0.1, 0.15) is 35.7 Å². The second kappa shape index (κ2) is 10.3. The summed E-state index contributed by atoms with van der Waals surface area (Å²) in [6.07, 6.45) is 3.19. The van der Waals surface area contributed by atoms with Crippen LogP contribution in [0.5, 0.6) is 0 Å². The van der Waals surface area contributed by atoms with E-state index in [1.54, 1.807) is 18.0 Å². The monoisotopic (exact) mass is 451 g/mol. The number of piperazine rings is 1. The fourth-order valence-corrected chi connectivity index (χ4v) is 4.49. The third-order valence-corrected chi connectivity index (χ3v) is 6.41. The molecule has 0 N–H and O–H groups in total. The Morgan fingerprint density at radius 2 is 1.94 bits per heavy atom. The van der Waals surface area contributed by atoms with Gasteiger partial charge in [0.05, 0.1) is 12.5 Å². The van der Waals surface area contributed by atoms with Crippen molar-refractivity contribution >= 4 is 17.7 Å². The third kappa shape index (κ3) is 5.33. The average Bonchev–Trinajstić information content (AvgIpc) is 2.84. The second-order valence-electron chi connectivity index (χ2n) is 8.93. The molecule has 0 bridgehead atoms. The van der Waals surface area contributed by atoms with Crippen molar-refractivity contribution in [3.63, 3.8) is 0 Å². The molecule has 1 amide bonds. The fourth-order valence-electron chi connectivity index (χ4n) is 4.49. The molecule has 0 saturated carbocycles. The minimum atomic E-state index is -0.276. The zero-order chi connectivity index (χ0) is 23.4. The summed E-state index contributed by atoms with van der Waals surface area (Å²) in [6.45, 7) is 8.61. The van der Waals surface area contributed by atoms with Crippen LogP contribution in [-0.4, -0.2) is 84.6 Å². The number of aromatic nitrogens is 2. The predicted octanol–water partition coefficient (Wildman–Crippen LogP) is 2.62. The lowest BCUT2D eigenvalue weighted by molar-refractivity contribution is -0.149. The number of esters is 1. The first-order valence-electron chi connectivity index (χ1n) is 11.8. The van der Waals surface area contributed by atoms with Gasteiger partial charge in [0.2, 0.25) is 0 Å². The highest BCUT2D eigenvalue weighted by atomic mass is 16.5. The topological polar surface area (TPSA) is 78.9 Å². The third-order valence-electron chi connectivity index (χ3n) is 6.41. The molecule has 176 valence electrons. The number of hydrogen-bond donors (Lipinski definition) is 0. The highest BCUT2D eigenvalue weighted by molar-refractivity contribution is 5.99. The Morgan fingerprint density at radius 3 is 2.67 bits per heavy atom. The van der Waals surface area contributed by atoms with Gasteiger partial charge in [-0.05, 0) is 39.8 Å². The van der Waals surface area contributed by atoms with Crippen molar-refractivity contribution in [2.24, 2.45) is 5.92 Å². The summed E-state index contributed by atoms with van der Waals surface area (Å²) < 4.78 is 5.20. The molecule has 8 heteroatoms. The molecule has 2 saturated heterocycles. The fraction of sp³-hybridized carbons (Fsp3) is 0.520. The maximum absolute atomic E-state index is 13.6. The van der Waals surface area contributed by atoms with Crippen LogP contribution in [0.25, 0.3) is 11.4 Å². The van der Waals surface area contributed by atoms with E-state index in [1.807, 2.05) is 25.1 Å². The van der Waals surface area contributed by atoms with E-state index in [0.717, 1.165) is 50.1 Å². The first-order valence-corrected chi connectivity index (χ1v) is 11.8. The van der Waals surface area contributed by atoms with E-state index in [2.05, 4.69) is 27.9 Å². The molecule has 3 heterocycles. The van der Waals surface area contributed by atoms with E-state index in [1.165, 1.54) is 0 Å². The van der Waals surface area contributed by atoms with Crippen LogP contribution in [0.2, 0.25) is 0 Å². The maximum Gasteiger partial charge on any atom is 0.310 e. The van der Waals surface area contributed by atoms with E-state index in [9.17, 15) is 9.59 Å². The summed E-state index contributed by atoms with van der Waals surface area (Å²) in [5.41, 5.74) is 2.57. The highest BCUT2D eigenvalue weighted by Crippen LogP contribution is 2.27. The van der Waals surface area contributed by atoms with Crippen molar-refractivity contribution in [1.29, 1.82) is 0 Å². The molecule has 1 aromatic carbocycles. The number of benzene rings is 1. The van der Waals surface area contributed by atoms with Crippen LogP contribution in [0.3, 0.4) is 0 Å². The van der Waals surface area contributed by atoms with Gasteiger partial charge >= 0.3 is 5.97 Å². The van der Waals surface area contributed by atoms with Gasteiger partial charge in [-0.3, -0.25) is 9.59 Å². The first kappa shape index (κ1) is 23.2. The number of aryl methyl sites for hydroxylation is 1. The van der Waals surface area contributed by atoms with Gasteiger partial charge < -0.3 is 19.4 Å². The number of nitrogens with zero attached hydrogens (tertiary/aromatic N) is 5. The number of ether oxygens (including phenoxy) is 1. The summed E-state index contributed by atoms with van der Waals surface area (Å²) in [6, 6.07) is 8.08. The Bertz CT molecular complexity index is 1000. The van der Waals surface area contributed by atoms with Crippen molar-refractivity contribution in [2.45, 2.75) is 26.7 Å². The van der Waals surface area contributed by atoms with E-state index < -0.39 is 0 Å². The standard InChI is InChI=1S/C25H33N5O3/c1-4-33-25(32)20-9-6-10-30(17-20)24(31)21-16-26-22(19-8-5-7-18(2)15-19)27-23(21)29-13-11-28(3)12-14-29/h5,7-8,15-16,20H,4,6,9-14,17H2,1-3H3. The summed E-state index contributed by atoms with van der Waals surface area (Å²) >= 11 is 0. The van der Waals surface area contributed by atoms with Crippen LogP contribution < -0.4 is 4.90 Å². The van der Waals surface area contributed by atoms with E-state index >= 15 is 0 Å². The number of likely N-dealkylation sites (N-methyl/N-ethyl adjacent to an activating group) is 1. The van der Waals surface area contributed by atoms with Crippen molar-refractivity contribution in [2.75, 3.05) is 57.8 Å². The molecule has 1 aromatic heterocycles. The van der Waals surface area contributed by atoms with E-state index in [-0.39, 0.29) is 17.8 Å². The summed E-state index contributed by atoms with van der Waals surface area (Å²) in [5.74, 6) is 0.682. The highest BCUT2D eigenvalue weighted by Gasteiger charge is 2.32. The molecule has 4 rings (SSSR count). The van der Waals surface area contributed by atoms with Crippen LogP contribution in [-0.2, 0) is 9.53 Å². The Morgan fingerprint density at radius 1 is 1.15 bits per heavy atom. The lowest BCUT2D eigenvalue weighted by Crippen LogP contribution is -2.47. The number of rotatable bonds is 5. The lowest BCUT2D eigenvalue weighted by atomic mass is 9.97. The molecule has 1 atom stereocenters. The number of carbonyl (C=O) groups is 2. The van der Waals surface area contributed by atoms with Crippen LogP contribution in [0, 0.1) is 12.8 Å². The smallest absolute Gasteiger partial charge is 0.310 e. The number of anilines is 1. The average molecular weight is 452 g/mol. The SMILES string of the molecule is CCOC(=O)C1CCCN(C(=O)c2cnc(-c3cccc(C)c3)nc2N2CCN(C)CC2)C1. The van der Waals surface area contributed by atoms with Crippen LogP contribution in [0.15, 0.2) is 30.5 Å². The number of piperidine rings is 1. The van der Waals surface area contributed by atoms with E-state index in [4.69, 9.17) is 9.72 Å². The van der Waals surface area contributed by atoms with Crippen LogP contribution in [0.4, 0.5) is 5.82 Å². The van der Waals surface area contributed by atoms with Gasteiger partial charge in [0.15, 0.2) is 5.82 Å². The van der Waals surface area contributed by atoms with Gasteiger partial charge in [0, 0.05) is 51.0 Å². The van der Waals surface area contributed by atoms with Crippen molar-refractivity contribution < 1.29 is 14.3 Å². The van der Waals surface area contributed by atoms with Crippen LogP contribution >= 0.6 is 0 Å². The maximum atomic E-state index is 13.6. The molecule has 2 fully saturated rings. The molecule has 2 aromatic rings. The quantitative estimate of drug-likeness (QED) is 0.647. The van der Waals surface area contributed by atoms with Crippen molar-refractivity contribution in [1.82, 2.24) is 19.8 Å². The molecule has 0 spiro atoms. The minimum absolute atomic E-state index is 0.117. The van der Waals surface area contributed by atoms with Gasteiger partial charge in [0.1, 0.15) is 11.4 Å². The zero-order valence-electron chi connectivity index (χ0n) is 19.8. The van der Waals surface area contributed by atoms with Gasteiger partial charge in [0.25, 0.3) is 5.91 Å². The predicted molar refractivity (Wildman–Crippen MR) is 127 cm³/mol. The summed E-state index contributed by atoms with van der Waals surface area (Å²) in [4.78, 5) is 41.6. The zero-order valence-corrected chi connectivity index (χ0v) is 19.8. The normalized spacial score (nSPS) is 19.4. The summed E-state index contributed by atoms with van der Waals surface area (Å²) in [7, 11) is 2.10. The summed E-state index contributed by atoms with van der Waals surface area (Å²) in [5, 5.41) is 0. The first-order chi connectivity index (χ1) is 16.0. The molecule has 33 heavy (non-hydrogen) atoms. The van der Waals surface area contributed by atoms with Gasteiger partial charge in [-0.2, -0.15) is 0 Å². The Kier molecular flexibility index (Phi) is 7.23. The molecule has 8 nitrogen and oxygen atoms in total. The van der Waals surface area contributed by atoms with Gasteiger partial charge in [-0.15, -0.1) is 0 Å². The molecule has 2 aliphatic rings. The molecule has 2 aliphatic heterocycles. The lowest BCUT2D eigenvalue weighted by Gasteiger charge is -2.35. The van der Waals surface area contributed by atoms with Crippen molar-refractivity contribution in [3.8, 4) is 11.4 Å². The minimum Gasteiger partial charge on any atom is -0.466 e. The molecule has 0 aliphatic carbocycles. The number of carbonyl (C=O) groups excluding carboxylic acids is 2. The number of likely N-dealkylation sites (tertiary alicyclic amines) is 1. The largest absolute Gasteiger partial charge is 0.466 e. The Balaban J connectivity index is 1.64. The van der Waals surface area contributed by atoms with Crippen molar-refractivity contribution in [3.05, 3.63) is 41.6 Å². The Hall–Kier alpha value is -3.00. The van der Waals surface area contributed by atoms with Gasteiger partial charge in [-0.1, -0.05) is 23.8 Å². The van der Waals surface area contributed by atoms with Gasteiger partial charge in [-0.25, -0.2) is 9.97 Å².